The number of primary sulfonamides is 1. The van der Waals surface area contributed by atoms with Gasteiger partial charge in [0.1, 0.15) is 11.3 Å². The van der Waals surface area contributed by atoms with Crippen LogP contribution in [0.1, 0.15) is 40.4 Å². The smallest absolute Gasteiger partial charge is 0.349 e. The molecule has 8 nitrogen and oxygen atoms in total. The molecule has 144 valence electrons. The quantitative estimate of drug-likeness (QED) is 0.720. The van der Waals surface area contributed by atoms with Crippen molar-refractivity contribution in [2.24, 2.45) is 5.14 Å². The van der Waals surface area contributed by atoms with Gasteiger partial charge in [0.25, 0.3) is 5.91 Å². The van der Waals surface area contributed by atoms with Crippen molar-refractivity contribution in [1.29, 1.82) is 0 Å². The zero-order valence-electron chi connectivity index (χ0n) is 14.8. The van der Waals surface area contributed by atoms with E-state index in [2.05, 4.69) is 10.6 Å². The SMILES string of the molecule is Cc1cc(C2CCCNC2)oc(=O)c1C(=O)Nc1cccc(S(N)(=O)=O)c1. The van der Waals surface area contributed by atoms with Crippen molar-refractivity contribution in [3.05, 3.63) is 57.6 Å². The fourth-order valence-corrected chi connectivity index (χ4v) is 3.71. The second-order valence-corrected chi connectivity index (χ2v) is 8.13. The topological polar surface area (TPSA) is 132 Å². The average molecular weight is 391 g/mol. The highest BCUT2D eigenvalue weighted by molar-refractivity contribution is 7.89. The van der Waals surface area contributed by atoms with Gasteiger partial charge in [0.05, 0.1) is 4.90 Å². The Kier molecular flexibility index (Phi) is 5.45. The van der Waals surface area contributed by atoms with Crippen molar-refractivity contribution in [3.63, 3.8) is 0 Å². The zero-order chi connectivity index (χ0) is 19.6. The fourth-order valence-electron chi connectivity index (χ4n) is 3.15. The second kappa shape index (κ2) is 7.63. The molecule has 0 radical (unpaired) electrons. The van der Waals surface area contributed by atoms with Crippen LogP contribution in [0.5, 0.6) is 0 Å². The van der Waals surface area contributed by atoms with E-state index in [1.165, 1.54) is 24.3 Å². The van der Waals surface area contributed by atoms with Crippen LogP contribution in [0.25, 0.3) is 0 Å². The lowest BCUT2D eigenvalue weighted by molar-refractivity contribution is 0.102. The number of aryl methyl sites for hydroxylation is 1. The number of carbonyl (C=O) groups is 1. The van der Waals surface area contributed by atoms with Gasteiger partial charge in [-0.15, -0.1) is 0 Å². The molecule has 2 heterocycles. The summed E-state index contributed by atoms with van der Waals surface area (Å²) in [4.78, 5) is 24.8. The molecule has 9 heteroatoms. The highest BCUT2D eigenvalue weighted by atomic mass is 32.2. The number of sulfonamides is 1. The lowest BCUT2D eigenvalue weighted by atomic mass is 9.95. The maximum atomic E-state index is 12.5. The minimum Gasteiger partial charge on any atom is -0.427 e. The Labute approximate surface area is 156 Å². The minimum absolute atomic E-state index is 0.105. The third-order valence-electron chi connectivity index (χ3n) is 4.51. The minimum atomic E-state index is -3.90. The predicted octanol–water partition coefficient (Wildman–Crippen LogP) is 1.31. The Bertz CT molecular complexity index is 1020. The number of carbonyl (C=O) groups excluding carboxylic acids is 1. The summed E-state index contributed by atoms with van der Waals surface area (Å²) >= 11 is 0. The molecular weight excluding hydrogens is 370 g/mol. The molecule has 1 aromatic heterocycles. The normalized spacial score (nSPS) is 17.5. The van der Waals surface area contributed by atoms with Crippen molar-refractivity contribution >= 4 is 21.6 Å². The van der Waals surface area contributed by atoms with Gasteiger partial charge < -0.3 is 15.1 Å². The van der Waals surface area contributed by atoms with Crippen molar-refractivity contribution in [1.82, 2.24) is 5.32 Å². The van der Waals surface area contributed by atoms with E-state index < -0.39 is 21.6 Å². The van der Waals surface area contributed by atoms with E-state index in [0.29, 0.717) is 11.3 Å². The van der Waals surface area contributed by atoms with Gasteiger partial charge in [0.15, 0.2) is 0 Å². The van der Waals surface area contributed by atoms with Crippen LogP contribution < -0.4 is 21.4 Å². The first-order valence-electron chi connectivity index (χ1n) is 8.55. The molecule has 1 aromatic carbocycles. The Morgan fingerprint density at radius 3 is 2.74 bits per heavy atom. The summed E-state index contributed by atoms with van der Waals surface area (Å²) < 4.78 is 28.3. The van der Waals surface area contributed by atoms with E-state index in [4.69, 9.17) is 9.56 Å². The molecule has 1 amide bonds. The van der Waals surface area contributed by atoms with E-state index in [9.17, 15) is 18.0 Å². The summed E-state index contributed by atoms with van der Waals surface area (Å²) in [5.41, 5.74) is -0.1000. The van der Waals surface area contributed by atoms with Gasteiger partial charge in [-0.25, -0.2) is 18.4 Å². The number of nitrogens with one attached hydrogen (secondary N) is 2. The Morgan fingerprint density at radius 1 is 1.33 bits per heavy atom. The molecule has 2 aromatic rings. The summed E-state index contributed by atoms with van der Waals surface area (Å²) in [7, 11) is -3.90. The Balaban J connectivity index is 1.86. The highest BCUT2D eigenvalue weighted by Gasteiger charge is 2.22. The van der Waals surface area contributed by atoms with Crippen LogP contribution in [0.2, 0.25) is 0 Å². The molecule has 1 atom stereocenters. The van der Waals surface area contributed by atoms with Crippen molar-refractivity contribution in [3.8, 4) is 0 Å². The average Bonchev–Trinajstić information content (AvgIpc) is 2.61. The van der Waals surface area contributed by atoms with Gasteiger partial charge in [-0.05, 0) is 56.1 Å². The van der Waals surface area contributed by atoms with Crippen LogP contribution >= 0.6 is 0 Å². The number of benzene rings is 1. The van der Waals surface area contributed by atoms with E-state index in [-0.39, 0.29) is 22.1 Å². The largest absolute Gasteiger partial charge is 0.427 e. The summed E-state index contributed by atoms with van der Waals surface area (Å²) in [6.07, 6.45) is 1.91. The van der Waals surface area contributed by atoms with Gasteiger partial charge in [0.2, 0.25) is 10.0 Å². The molecule has 0 spiro atoms. The highest BCUT2D eigenvalue weighted by Crippen LogP contribution is 2.24. The Hall–Kier alpha value is -2.49. The first kappa shape index (κ1) is 19.3. The van der Waals surface area contributed by atoms with Crippen LogP contribution in [-0.2, 0) is 10.0 Å². The molecule has 0 saturated carbocycles. The molecule has 1 fully saturated rings. The number of amides is 1. The third-order valence-corrected chi connectivity index (χ3v) is 5.43. The fraction of sp³-hybridized carbons (Fsp3) is 0.333. The summed E-state index contributed by atoms with van der Waals surface area (Å²) in [6.45, 7) is 3.35. The van der Waals surface area contributed by atoms with Crippen molar-refractivity contribution in [2.75, 3.05) is 18.4 Å². The lowest BCUT2D eigenvalue weighted by Gasteiger charge is -2.22. The summed E-state index contributed by atoms with van der Waals surface area (Å²) in [5.74, 6) is 0.00677. The first-order chi connectivity index (χ1) is 12.8. The van der Waals surface area contributed by atoms with Crippen LogP contribution in [0.3, 0.4) is 0 Å². The van der Waals surface area contributed by atoms with Crippen LogP contribution in [0, 0.1) is 6.92 Å². The Morgan fingerprint density at radius 2 is 2.11 bits per heavy atom. The van der Waals surface area contributed by atoms with E-state index >= 15 is 0 Å². The van der Waals surface area contributed by atoms with E-state index in [1.807, 2.05) is 0 Å². The van der Waals surface area contributed by atoms with Crippen LogP contribution in [0.4, 0.5) is 5.69 Å². The maximum Gasteiger partial charge on any atom is 0.349 e. The number of nitrogens with two attached hydrogens (primary N) is 1. The second-order valence-electron chi connectivity index (χ2n) is 6.56. The molecule has 1 aliphatic heterocycles. The van der Waals surface area contributed by atoms with Crippen molar-refractivity contribution < 1.29 is 17.6 Å². The molecular formula is C18H21N3O5S. The van der Waals surface area contributed by atoms with Crippen LogP contribution in [0.15, 0.2) is 44.4 Å². The van der Waals surface area contributed by atoms with E-state index in [1.54, 1.807) is 13.0 Å². The maximum absolute atomic E-state index is 12.5. The van der Waals surface area contributed by atoms with Gasteiger partial charge in [-0.2, -0.15) is 0 Å². The van der Waals surface area contributed by atoms with Crippen molar-refractivity contribution in [2.45, 2.75) is 30.6 Å². The summed E-state index contributed by atoms with van der Waals surface area (Å²) in [5, 5.41) is 10.9. The number of hydrogen-bond donors (Lipinski definition) is 3. The number of piperidine rings is 1. The molecule has 0 bridgehead atoms. The van der Waals surface area contributed by atoms with Gasteiger partial charge in [-0.3, -0.25) is 4.79 Å². The standard InChI is InChI=1S/C18H21N3O5S/c1-11-8-15(12-4-3-7-20-10-12)26-18(23)16(11)17(22)21-13-5-2-6-14(9-13)27(19,24)25/h2,5-6,8-9,12,20H,3-4,7,10H2,1H3,(H,21,22)(H2,19,24,25). The molecule has 1 unspecified atom stereocenters. The van der Waals surface area contributed by atoms with E-state index in [0.717, 1.165) is 25.9 Å². The lowest BCUT2D eigenvalue weighted by Crippen LogP contribution is -2.30. The number of rotatable bonds is 4. The van der Waals surface area contributed by atoms with Gasteiger partial charge in [-0.1, -0.05) is 6.07 Å². The first-order valence-corrected chi connectivity index (χ1v) is 10.1. The summed E-state index contributed by atoms with van der Waals surface area (Å²) in [6, 6.07) is 7.22. The third kappa shape index (κ3) is 4.44. The molecule has 3 rings (SSSR count). The predicted molar refractivity (Wildman–Crippen MR) is 100 cm³/mol. The molecule has 1 saturated heterocycles. The molecule has 4 N–H and O–H groups in total. The molecule has 1 aliphatic rings. The zero-order valence-corrected chi connectivity index (χ0v) is 15.6. The molecule has 27 heavy (non-hydrogen) atoms. The monoisotopic (exact) mass is 391 g/mol. The molecule has 0 aliphatic carbocycles. The van der Waals surface area contributed by atoms with Crippen LogP contribution in [-0.4, -0.2) is 27.4 Å². The van der Waals surface area contributed by atoms with Gasteiger partial charge >= 0.3 is 5.63 Å². The number of anilines is 1. The van der Waals surface area contributed by atoms with Gasteiger partial charge in [0, 0.05) is 18.2 Å². The number of hydrogen-bond acceptors (Lipinski definition) is 6.